The highest BCUT2D eigenvalue weighted by Gasteiger charge is 2.21. The van der Waals surface area contributed by atoms with Crippen LogP contribution in [0.5, 0.6) is 0 Å². The van der Waals surface area contributed by atoms with E-state index in [2.05, 4.69) is 10.6 Å². The van der Waals surface area contributed by atoms with Crippen molar-refractivity contribution in [2.24, 2.45) is 0 Å². The smallest absolute Gasteiger partial charge is 0.315 e. The van der Waals surface area contributed by atoms with Gasteiger partial charge in [0.15, 0.2) is 0 Å². The average molecular weight is 310 g/mol. The van der Waals surface area contributed by atoms with E-state index in [1.54, 1.807) is 19.2 Å². The monoisotopic (exact) mass is 310 g/mol. The summed E-state index contributed by atoms with van der Waals surface area (Å²) in [7, 11) is 1.55. The minimum Gasteiger partial charge on any atom is -0.393 e. The Balaban J connectivity index is 1.77. The molecule has 1 fully saturated rings. The van der Waals surface area contributed by atoms with Crippen molar-refractivity contribution in [1.82, 2.24) is 10.6 Å². The number of carbonyl (C=O) groups excluding carboxylic acids is 1. The predicted octanol–water partition coefficient (Wildman–Crippen LogP) is 2.12. The largest absolute Gasteiger partial charge is 0.393 e. The van der Waals surface area contributed by atoms with Gasteiger partial charge in [0, 0.05) is 19.7 Å². The number of amides is 2. The lowest BCUT2D eigenvalue weighted by Crippen LogP contribution is -2.45. The number of urea groups is 1. The van der Waals surface area contributed by atoms with Crippen LogP contribution in [0.1, 0.15) is 37.4 Å². The number of halogens is 1. The highest BCUT2D eigenvalue weighted by molar-refractivity contribution is 5.74. The van der Waals surface area contributed by atoms with Gasteiger partial charge in [0.05, 0.1) is 12.2 Å². The maximum atomic E-state index is 12.9. The summed E-state index contributed by atoms with van der Waals surface area (Å²) in [6, 6.07) is 5.89. The second-order valence-electron chi connectivity index (χ2n) is 5.64. The summed E-state index contributed by atoms with van der Waals surface area (Å²) in [5, 5.41) is 15.1. The van der Waals surface area contributed by atoms with E-state index < -0.39 is 0 Å². The maximum absolute atomic E-state index is 12.9. The van der Waals surface area contributed by atoms with Crippen molar-refractivity contribution in [3.05, 3.63) is 35.6 Å². The molecule has 1 aromatic carbocycles. The first kappa shape index (κ1) is 16.7. The predicted molar refractivity (Wildman–Crippen MR) is 80.9 cm³/mol. The zero-order valence-electron chi connectivity index (χ0n) is 12.7. The quantitative estimate of drug-likeness (QED) is 0.780. The molecule has 0 saturated heterocycles. The summed E-state index contributed by atoms with van der Waals surface area (Å²) in [6.45, 7) is 0.309. The van der Waals surface area contributed by atoms with Gasteiger partial charge in [-0.25, -0.2) is 9.18 Å². The molecule has 1 aromatic rings. The molecule has 1 aliphatic carbocycles. The Morgan fingerprint density at radius 1 is 1.32 bits per heavy atom. The van der Waals surface area contributed by atoms with Crippen molar-refractivity contribution in [2.75, 3.05) is 13.7 Å². The topological polar surface area (TPSA) is 70.6 Å². The van der Waals surface area contributed by atoms with Crippen molar-refractivity contribution >= 4 is 6.03 Å². The van der Waals surface area contributed by atoms with Crippen LogP contribution in [-0.4, -0.2) is 36.9 Å². The molecule has 2 rings (SSSR count). The molecule has 6 heteroatoms. The van der Waals surface area contributed by atoms with Gasteiger partial charge in [-0.15, -0.1) is 0 Å². The third-order valence-electron chi connectivity index (χ3n) is 4.01. The third kappa shape index (κ3) is 4.96. The van der Waals surface area contributed by atoms with Gasteiger partial charge in [-0.1, -0.05) is 12.1 Å². The van der Waals surface area contributed by atoms with E-state index >= 15 is 0 Å². The highest BCUT2D eigenvalue weighted by atomic mass is 19.1. The Morgan fingerprint density at radius 3 is 2.55 bits per heavy atom. The van der Waals surface area contributed by atoms with Gasteiger partial charge in [-0.3, -0.25) is 0 Å². The SMILES string of the molecule is COC(CNC(=O)NC1CCC(O)CC1)c1ccc(F)cc1. The molecule has 1 saturated carbocycles. The Bertz CT molecular complexity index is 473. The van der Waals surface area contributed by atoms with Gasteiger partial charge in [0.25, 0.3) is 0 Å². The number of hydrogen-bond acceptors (Lipinski definition) is 3. The second kappa shape index (κ2) is 8.10. The van der Waals surface area contributed by atoms with Crippen LogP contribution in [0.3, 0.4) is 0 Å². The molecule has 2 amide bonds. The van der Waals surface area contributed by atoms with Crippen LogP contribution in [0.15, 0.2) is 24.3 Å². The highest BCUT2D eigenvalue weighted by Crippen LogP contribution is 2.18. The number of methoxy groups -OCH3 is 1. The van der Waals surface area contributed by atoms with Crippen LogP contribution in [0, 0.1) is 5.82 Å². The fraction of sp³-hybridized carbons (Fsp3) is 0.562. The molecule has 0 heterocycles. The molecule has 1 aliphatic rings. The summed E-state index contributed by atoms with van der Waals surface area (Å²) >= 11 is 0. The molecular weight excluding hydrogens is 287 g/mol. The second-order valence-corrected chi connectivity index (χ2v) is 5.64. The molecule has 3 N–H and O–H groups in total. The van der Waals surface area contributed by atoms with Crippen molar-refractivity contribution in [3.8, 4) is 0 Å². The lowest BCUT2D eigenvalue weighted by molar-refractivity contribution is 0.102. The van der Waals surface area contributed by atoms with Crippen LogP contribution in [0.4, 0.5) is 9.18 Å². The summed E-state index contributed by atoms with van der Waals surface area (Å²) < 4.78 is 18.3. The minimum absolute atomic E-state index is 0.107. The van der Waals surface area contributed by atoms with E-state index in [4.69, 9.17) is 4.74 Å². The standard InChI is InChI=1S/C16H23FN2O3/c1-22-15(11-2-4-12(17)5-3-11)10-18-16(21)19-13-6-8-14(20)9-7-13/h2-5,13-15,20H,6-10H2,1H3,(H2,18,19,21). The molecule has 1 unspecified atom stereocenters. The molecule has 1 atom stereocenters. The number of rotatable bonds is 5. The van der Waals surface area contributed by atoms with Crippen molar-refractivity contribution < 1.29 is 19.0 Å². The zero-order chi connectivity index (χ0) is 15.9. The van der Waals surface area contributed by atoms with Gasteiger partial charge in [0.2, 0.25) is 0 Å². The Labute approximate surface area is 129 Å². The molecule has 0 aliphatic heterocycles. The van der Waals surface area contributed by atoms with Crippen LogP contribution in [-0.2, 0) is 4.74 Å². The molecule has 0 radical (unpaired) electrons. The number of carbonyl (C=O) groups is 1. The fourth-order valence-corrected chi connectivity index (χ4v) is 2.66. The van der Waals surface area contributed by atoms with Gasteiger partial charge < -0.3 is 20.5 Å². The van der Waals surface area contributed by atoms with Gasteiger partial charge in [-0.05, 0) is 43.4 Å². The minimum atomic E-state index is -0.320. The normalized spacial score (nSPS) is 22.9. The summed E-state index contributed by atoms with van der Waals surface area (Å²) in [5.74, 6) is -0.302. The van der Waals surface area contributed by atoms with Gasteiger partial charge in [0.1, 0.15) is 5.82 Å². The molecule has 0 spiro atoms. The first-order valence-electron chi connectivity index (χ1n) is 7.59. The molecule has 0 bridgehead atoms. The Morgan fingerprint density at radius 2 is 1.95 bits per heavy atom. The summed E-state index contributed by atoms with van der Waals surface area (Å²) in [5.41, 5.74) is 0.810. The van der Waals surface area contributed by atoms with E-state index in [0.717, 1.165) is 31.2 Å². The van der Waals surface area contributed by atoms with E-state index in [9.17, 15) is 14.3 Å². The Hall–Kier alpha value is -1.66. The Kier molecular flexibility index (Phi) is 6.15. The number of aliphatic hydroxyl groups excluding tert-OH is 1. The zero-order valence-corrected chi connectivity index (χ0v) is 12.7. The molecule has 122 valence electrons. The fourth-order valence-electron chi connectivity index (χ4n) is 2.66. The first-order chi connectivity index (χ1) is 10.6. The van der Waals surface area contributed by atoms with Crippen molar-refractivity contribution in [2.45, 2.75) is 43.9 Å². The lowest BCUT2D eigenvalue weighted by Gasteiger charge is -2.26. The number of ether oxygens (including phenoxy) is 1. The lowest BCUT2D eigenvalue weighted by atomic mass is 9.93. The van der Waals surface area contributed by atoms with Crippen LogP contribution >= 0.6 is 0 Å². The number of aliphatic hydroxyl groups is 1. The molecule has 22 heavy (non-hydrogen) atoms. The van der Waals surface area contributed by atoms with Crippen LogP contribution in [0.2, 0.25) is 0 Å². The molecule has 0 aromatic heterocycles. The van der Waals surface area contributed by atoms with E-state index in [-0.39, 0.29) is 30.1 Å². The van der Waals surface area contributed by atoms with E-state index in [0.29, 0.717) is 6.54 Å². The van der Waals surface area contributed by atoms with E-state index in [1.807, 2.05) is 0 Å². The van der Waals surface area contributed by atoms with Gasteiger partial charge in [-0.2, -0.15) is 0 Å². The van der Waals surface area contributed by atoms with Gasteiger partial charge >= 0.3 is 6.03 Å². The average Bonchev–Trinajstić information content (AvgIpc) is 2.52. The van der Waals surface area contributed by atoms with E-state index in [1.165, 1.54) is 12.1 Å². The van der Waals surface area contributed by atoms with Crippen molar-refractivity contribution in [3.63, 3.8) is 0 Å². The third-order valence-corrected chi connectivity index (χ3v) is 4.01. The maximum Gasteiger partial charge on any atom is 0.315 e. The molecule has 5 nitrogen and oxygen atoms in total. The van der Waals surface area contributed by atoms with Crippen LogP contribution < -0.4 is 10.6 Å². The summed E-state index contributed by atoms with van der Waals surface area (Å²) in [6.07, 6.45) is 2.47. The summed E-state index contributed by atoms with van der Waals surface area (Å²) in [4.78, 5) is 11.9. The van der Waals surface area contributed by atoms with Crippen molar-refractivity contribution in [1.29, 1.82) is 0 Å². The number of benzene rings is 1. The van der Waals surface area contributed by atoms with Crippen LogP contribution in [0.25, 0.3) is 0 Å². The number of hydrogen-bond donors (Lipinski definition) is 3. The number of nitrogens with one attached hydrogen (secondary N) is 2. The first-order valence-corrected chi connectivity index (χ1v) is 7.59. The molecular formula is C16H23FN2O3.